The van der Waals surface area contributed by atoms with Crippen LogP contribution in [0.4, 0.5) is 0 Å². The van der Waals surface area contributed by atoms with E-state index in [1.807, 2.05) is 12.1 Å². The molecule has 28 heavy (non-hydrogen) atoms. The van der Waals surface area contributed by atoms with Crippen molar-refractivity contribution < 1.29 is 27.1 Å². The second kappa shape index (κ2) is 7.99. The van der Waals surface area contributed by atoms with Crippen LogP contribution in [0.3, 0.4) is 0 Å². The molecule has 0 radical (unpaired) electrons. The molecule has 0 saturated carbocycles. The number of carbonyl (C=O) groups is 1. The summed E-state index contributed by atoms with van der Waals surface area (Å²) in [7, 11) is -2.50. The lowest BCUT2D eigenvalue weighted by Crippen LogP contribution is -2.30. The highest BCUT2D eigenvalue weighted by Gasteiger charge is 2.23. The number of rotatable bonds is 7. The average Bonchev–Trinajstić information content (AvgIpc) is 3.07. The largest absolute Gasteiger partial charge is 0.495 e. The summed E-state index contributed by atoms with van der Waals surface area (Å²) < 4.78 is 43.3. The Kier molecular flexibility index (Phi) is 5.66. The van der Waals surface area contributed by atoms with Crippen LogP contribution in [-0.4, -0.2) is 32.5 Å². The molecule has 0 aliphatic heterocycles. The highest BCUT2D eigenvalue weighted by atomic mass is 32.2. The Morgan fingerprint density at radius 3 is 2.64 bits per heavy atom. The number of benzene rings is 2. The van der Waals surface area contributed by atoms with Crippen LogP contribution < -0.4 is 9.46 Å². The summed E-state index contributed by atoms with van der Waals surface area (Å²) in [4.78, 5) is 16.5. The second-order valence-corrected chi connectivity index (χ2v) is 7.98. The fourth-order valence-corrected chi connectivity index (χ4v) is 4.03. The normalized spacial score (nSPS) is 11.7. The Bertz CT molecular complexity index is 1070. The van der Waals surface area contributed by atoms with Gasteiger partial charge < -0.3 is 13.9 Å². The Morgan fingerprint density at radius 2 is 1.96 bits per heavy atom. The number of hydrogen-bond acceptors (Lipinski definition) is 7. The van der Waals surface area contributed by atoms with E-state index >= 15 is 0 Å². The van der Waals surface area contributed by atoms with Crippen LogP contribution in [0.2, 0.25) is 0 Å². The molecular formula is C19H20N2O6S. The number of nitrogens with one attached hydrogen (secondary N) is 1. The number of ether oxygens (including phenoxy) is 2. The van der Waals surface area contributed by atoms with Crippen LogP contribution in [0.15, 0.2) is 51.8 Å². The van der Waals surface area contributed by atoms with Crippen molar-refractivity contribution >= 4 is 27.1 Å². The number of fused-ring (bicyclic) bond motifs is 1. The first-order valence-electron chi connectivity index (χ1n) is 8.52. The van der Waals surface area contributed by atoms with Gasteiger partial charge in [-0.05, 0) is 44.2 Å². The summed E-state index contributed by atoms with van der Waals surface area (Å²) >= 11 is 0. The molecule has 1 heterocycles. The third-order valence-corrected chi connectivity index (χ3v) is 5.42. The van der Waals surface area contributed by atoms with Crippen molar-refractivity contribution in [2.45, 2.75) is 31.4 Å². The number of carbonyl (C=O) groups excluding carboxylic acids is 1. The lowest BCUT2D eigenvalue weighted by Gasteiger charge is -2.13. The number of oxazole rings is 1. The third kappa shape index (κ3) is 4.32. The highest BCUT2D eigenvalue weighted by Crippen LogP contribution is 2.25. The summed E-state index contributed by atoms with van der Waals surface area (Å²) in [5, 5.41) is 0. The fraction of sp³-hybridized carbons (Fsp3) is 0.263. The molecule has 0 amide bonds. The van der Waals surface area contributed by atoms with Gasteiger partial charge in [0.05, 0.1) is 12.7 Å². The van der Waals surface area contributed by atoms with Crippen molar-refractivity contribution in [3.63, 3.8) is 0 Å². The van der Waals surface area contributed by atoms with Crippen LogP contribution in [-0.2, 0) is 21.4 Å². The second-order valence-electron chi connectivity index (χ2n) is 6.29. The van der Waals surface area contributed by atoms with Crippen LogP contribution in [0, 0.1) is 0 Å². The predicted octanol–water partition coefficient (Wildman–Crippen LogP) is 2.88. The molecule has 1 N–H and O–H groups in total. The standard InChI is InChI=1S/C19H20N2O6S/c1-12(2)21-28(23,24)17-10-13(8-9-16(17)25-3)19(22)26-11-18-20-14-6-4-5-7-15(14)27-18/h4-10,12,21H,11H2,1-3H3. The third-order valence-electron chi connectivity index (χ3n) is 3.74. The molecule has 2 aromatic carbocycles. The SMILES string of the molecule is COc1ccc(C(=O)OCc2nc3ccccc3o2)cc1S(=O)(=O)NC(C)C. The monoisotopic (exact) mass is 404 g/mol. The zero-order valence-electron chi connectivity index (χ0n) is 15.6. The van der Waals surface area contributed by atoms with Crippen molar-refractivity contribution in [3.8, 4) is 5.75 Å². The molecule has 9 heteroatoms. The molecule has 8 nitrogen and oxygen atoms in total. The van der Waals surface area contributed by atoms with Gasteiger partial charge in [0.2, 0.25) is 15.9 Å². The minimum Gasteiger partial charge on any atom is -0.495 e. The van der Waals surface area contributed by atoms with E-state index in [0.717, 1.165) is 0 Å². The van der Waals surface area contributed by atoms with Gasteiger partial charge in [0, 0.05) is 6.04 Å². The van der Waals surface area contributed by atoms with Gasteiger partial charge in [-0.15, -0.1) is 0 Å². The molecule has 0 spiro atoms. The van der Waals surface area contributed by atoms with Gasteiger partial charge in [-0.25, -0.2) is 22.9 Å². The minimum atomic E-state index is -3.86. The van der Waals surface area contributed by atoms with Gasteiger partial charge in [0.1, 0.15) is 16.2 Å². The van der Waals surface area contributed by atoms with E-state index in [1.165, 1.54) is 25.3 Å². The quantitative estimate of drug-likeness (QED) is 0.603. The highest BCUT2D eigenvalue weighted by molar-refractivity contribution is 7.89. The van der Waals surface area contributed by atoms with E-state index in [2.05, 4.69) is 9.71 Å². The maximum atomic E-state index is 12.5. The van der Waals surface area contributed by atoms with Gasteiger partial charge in [0.25, 0.3) is 0 Å². The van der Waals surface area contributed by atoms with Crippen LogP contribution in [0.5, 0.6) is 5.75 Å². The topological polar surface area (TPSA) is 108 Å². The molecule has 1 aromatic heterocycles. The number of nitrogens with zero attached hydrogens (tertiary/aromatic N) is 1. The zero-order chi connectivity index (χ0) is 20.3. The lowest BCUT2D eigenvalue weighted by atomic mass is 10.2. The van der Waals surface area contributed by atoms with Gasteiger partial charge >= 0.3 is 5.97 Å². The molecule has 0 unspecified atom stereocenters. The van der Waals surface area contributed by atoms with E-state index < -0.39 is 16.0 Å². The molecule has 0 aliphatic rings. The van der Waals surface area contributed by atoms with E-state index in [1.54, 1.807) is 26.0 Å². The zero-order valence-corrected chi connectivity index (χ0v) is 16.4. The number of aromatic nitrogens is 1. The molecular weight excluding hydrogens is 384 g/mol. The predicted molar refractivity (Wildman–Crippen MR) is 102 cm³/mol. The van der Waals surface area contributed by atoms with Crippen LogP contribution in [0.25, 0.3) is 11.1 Å². The molecule has 0 fully saturated rings. The molecule has 3 aromatic rings. The smallest absolute Gasteiger partial charge is 0.338 e. The number of para-hydroxylation sites is 2. The van der Waals surface area contributed by atoms with Crippen molar-refractivity contribution in [2.24, 2.45) is 0 Å². The summed E-state index contributed by atoms with van der Waals surface area (Å²) in [6.45, 7) is 3.22. The number of sulfonamides is 1. The first-order chi connectivity index (χ1) is 13.3. The minimum absolute atomic E-state index is 0.0704. The number of esters is 1. The van der Waals surface area contributed by atoms with Crippen molar-refractivity contribution in [1.82, 2.24) is 9.71 Å². The lowest BCUT2D eigenvalue weighted by molar-refractivity contribution is 0.0440. The summed E-state index contributed by atoms with van der Waals surface area (Å²) in [5.74, 6) is -0.327. The van der Waals surface area contributed by atoms with Gasteiger partial charge in [-0.2, -0.15) is 0 Å². The van der Waals surface area contributed by atoms with Crippen molar-refractivity contribution in [1.29, 1.82) is 0 Å². The Labute approximate surface area is 162 Å². The van der Waals surface area contributed by atoms with Crippen LogP contribution in [0.1, 0.15) is 30.1 Å². The molecule has 148 valence electrons. The summed E-state index contributed by atoms with van der Waals surface area (Å²) in [6, 6.07) is 10.9. The fourth-order valence-electron chi connectivity index (χ4n) is 2.58. The van der Waals surface area contributed by atoms with Gasteiger partial charge in [-0.1, -0.05) is 12.1 Å². The van der Waals surface area contributed by atoms with Gasteiger partial charge in [0.15, 0.2) is 12.2 Å². The summed E-state index contributed by atoms with van der Waals surface area (Å²) in [6.07, 6.45) is 0. The molecule has 0 saturated heterocycles. The van der Waals surface area contributed by atoms with Crippen molar-refractivity contribution in [2.75, 3.05) is 7.11 Å². The number of hydrogen-bond donors (Lipinski definition) is 1. The number of methoxy groups -OCH3 is 1. The summed E-state index contributed by atoms with van der Waals surface area (Å²) in [5.41, 5.74) is 1.32. The molecule has 0 bridgehead atoms. The van der Waals surface area contributed by atoms with Crippen LogP contribution >= 0.6 is 0 Å². The van der Waals surface area contributed by atoms with E-state index in [-0.39, 0.29) is 34.7 Å². The average molecular weight is 404 g/mol. The van der Waals surface area contributed by atoms with Gasteiger partial charge in [-0.3, -0.25) is 0 Å². The first-order valence-corrected chi connectivity index (χ1v) is 10.0. The maximum Gasteiger partial charge on any atom is 0.338 e. The Hall–Kier alpha value is -2.91. The van der Waals surface area contributed by atoms with Crippen molar-refractivity contribution in [3.05, 3.63) is 53.9 Å². The molecule has 3 rings (SSSR count). The maximum absolute atomic E-state index is 12.5. The molecule has 0 atom stereocenters. The Morgan fingerprint density at radius 1 is 1.21 bits per heavy atom. The first kappa shape index (κ1) is 19.8. The van der Waals surface area contributed by atoms with E-state index in [4.69, 9.17) is 13.9 Å². The molecule has 0 aliphatic carbocycles. The van der Waals surface area contributed by atoms with E-state index in [0.29, 0.717) is 11.1 Å². The Balaban J connectivity index is 1.80. The van der Waals surface area contributed by atoms with E-state index in [9.17, 15) is 13.2 Å².